The Morgan fingerprint density at radius 1 is 1.47 bits per heavy atom. The van der Waals surface area contributed by atoms with Gasteiger partial charge >= 0.3 is 5.97 Å². The normalized spacial score (nSPS) is 11.9. The number of amides is 1. The molecule has 1 aromatic carbocycles. The molecule has 1 aromatic rings. The molecule has 0 saturated carbocycles. The Bertz CT molecular complexity index is 445. The topological polar surface area (TPSA) is 113 Å². The molecule has 0 aliphatic rings. The van der Waals surface area contributed by atoms with E-state index >= 15 is 0 Å². The van der Waals surface area contributed by atoms with Crippen molar-refractivity contribution in [2.24, 2.45) is 5.73 Å². The van der Waals surface area contributed by atoms with E-state index in [9.17, 15) is 14.7 Å². The summed E-state index contributed by atoms with van der Waals surface area (Å²) in [5, 5.41) is 20.5. The zero-order valence-electron chi connectivity index (χ0n) is 9.30. The Balaban J connectivity index is 2.98. The molecule has 0 aliphatic carbocycles. The van der Waals surface area contributed by atoms with Gasteiger partial charge in [-0.25, -0.2) is 4.79 Å². The van der Waals surface area contributed by atoms with E-state index in [-0.39, 0.29) is 17.0 Å². The first-order valence-electron chi connectivity index (χ1n) is 5.08. The predicted octanol–water partition coefficient (Wildman–Crippen LogP) is 0.766. The number of aromatic hydroxyl groups is 1. The van der Waals surface area contributed by atoms with Crippen LogP contribution in [0.5, 0.6) is 5.75 Å². The summed E-state index contributed by atoms with van der Waals surface area (Å²) in [4.78, 5) is 22.4. The molecule has 92 valence electrons. The fraction of sp³-hybridized carbons (Fsp3) is 0.273. The number of rotatable bonds is 4. The molecule has 1 atom stereocenters. The summed E-state index contributed by atoms with van der Waals surface area (Å²) < 4.78 is 0. The Morgan fingerprint density at radius 2 is 2.12 bits per heavy atom. The van der Waals surface area contributed by atoms with Crippen molar-refractivity contribution in [3.05, 3.63) is 23.8 Å². The van der Waals surface area contributed by atoms with E-state index < -0.39 is 17.9 Å². The van der Waals surface area contributed by atoms with Crippen LogP contribution in [0.15, 0.2) is 18.2 Å². The van der Waals surface area contributed by atoms with Gasteiger partial charge in [0.1, 0.15) is 5.75 Å². The molecule has 1 rings (SSSR count). The molecule has 0 aliphatic heterocycles. The van der Waals surface area contributed by atoms with Crippen molar-refractivity contribution in [2.45, 2.75) is 19.4 Å². The van der Waals surface area contributed by atoms with Crippen LogP contribution < -0.4 is 11.1 Å². The second-order valence-corrected chi connectivity index (χ2v) is 3.54. The number of anilines is 1. The van der Waals surface area contributed by atoms with Crippen LogP contribution in [0.1, 0.15) is 23.7 Å². The van der Waals surface area contributed by atoms with Gasteiger partial charge in [-0.05, 0) is 24.6 Å². The molecular formula is C11H14N2O4. The van der Waals surface area contributed by atoms with Gasteiger partial charge in [-0.1, -0.05) is 6.92 Å². The van der Waals surface area contributed by atoms with Crippen LogP contribution in [-0.2, 0) is 4.79 Å². The summed E-state index contributed by atoms with van der Waals surface area (Å²) in [7, 11) is 0. The van der Waals surface area contributed by atoms with Gasteiger partial charge in [-0.15, -0.1) is 0 Å². The Morgan fingerprint density at radius 3 is 2.65 bits per heavy atom. The molecule has 0 aromatic heterocycles. The first-order chi connectivity index (χ1) is 7.95. The van der Waals surface area contributed by atoms with Crippen molar-refractivity contribution in [1.29, 1.82) is 0 Å². The number of carboxylic acids is 1. The number of phenols is 1. The second kappa shape index (κ2) is 5.31. The summed E-state index contributed by atoms with van der Waals surface area (Å²) in [6.45, 7) is 1.75. The number of benzene rings is 1. The molecule has 1 amide bonds. The van der Waals surface area contributed by atoms with E-state index in [4.69, 9.17) is 10.8 Å². The minimum Gasteiger partial charge on any atom is -0.508 e. The zero-order valence-corrected chi connectivity index (χ0v) is 9.30. The van der Waals surface area contributed by atoms with Gasteiger partial charge in [0.05, 0.1) is 17.3 Å². The molecular weight excluding hydrogens is 224 g/mol. The lowest BCUT2D eigenvalue weighted by atomic mass is 10.1. The van der Waals surface area contributed by atoms with Crippen LogP contribution in [0.4, 0.5) is 5.69 Å². The van der Waals surface area contributed by atoms with Crippen LogP contribution in [0.25, 0.3) is 0 Å². The van der Waals surface area contributed by atoms with Crippen LogP contribution in [-0.4, -0.2) is 28.1 Å². The lowest BCUT2D eigenvalue weighted by Crippen LogP contribution is -2.35. The van der Waals surface area contributed by atoms with E-state index in [0.717, 1.165) is 6.07 Å². The molecule has 6 nitrogen and oxygen atoms in total. The minimum absolute atomic E-state index is 0.115. The highest BCUT2D eigenvalue weighted by Crippen LogP contribution is 2.21. The van der Waals surface area contributed by atoms with Gasteiger partial charge in [-0.3, -0.25) is 4.79 Å². The minimum atomic E-state index is -1.23. The van der Waals surface area contributed by atoms with Crippen molar-refractivity contribution < 1.29 is 19.8 Å². The van der Waals surface area contributed by atoms with Crippen molar-refractivity contribution in [3.63, 3.8) is 0 Å². The average molecular weight is 238 g/mol. The van der Waals surface area contributed by atoms with E-state index in [2.05, 4.69) is 5.32 Å². The van der Waals surface area contributed by atoms with Crippen molar-refractivity contribution in [2.75, 3.05) is 5.32 Å². The molecule has 6 heteroatoms. The maximum Gasteiger partial charge on any atom is 0.337 e. The summed E-state index contributed by atoms with van der Waals surface area (Å²) in [6.07, 6.45) is 0.451. The molecule has 0 heterocycles. The summed E-state index contributed by atoms with van der Waals surface area (Å²) in [6, 6.07) is 2.99. The van der Waals surface area contributed by atoms with E-state index in [1.54, 1.807) is 6.92 Å². The maximum absolute atomic E-state index is 11.5. The Kier molecular flexibility index (Phi) is 4.06. The predicted molar refractivity (Wildman–Crippen MR) is 62.0 cm³/mol. The van der Waals surface area contributed by atoms with Gasteiger partial charge in [0.2, 0.25) is 5.91 Å². The second-order valence-electron chi connectivity index (χ2n) is 3.54. The fourth-order valence-electron chi connectivity index (χ4n) is 1.23. The van der Waals surface area contributed by atoms with Crippen molar-refractivity contribution >= 4 is 17.6 Å². The fourth-order valence-corrected chi connectivity index (χ4v) is 1.23. The van der Waals surface area contributed by atoms with Crippen LogP contribution in [0.2, 0.25) is 0 Å². The van der Waals surface area contributed by atoms with Crippen LogP contribution >= 0.6 is 0 Å². The van der Waals surface area contributed by atoms with E-state index in [1.807, 2.05) is 0 Å². The first-order valence-corrected chi connectivity index (χ1v) is 5.08. The number of aromatic carboxylic acids is 1. The first kappa shape index (κ1) is 13.0. The molecule has 0 fully saturated rings. The Hall–Kier alpha value is -2.08. The highest BCUT2D eigenvalue weighted by atomic mass is 16.4. The third-order valence-electron chi connectivity index (χ3n) is 2.27. The van der Waals surface area contributed by atoms with E-state index in [0.29, 0.717) is 6.42 Å². The molecule has 1 unspecified atom stereocenters. The number of nitrogens with one attached hydrogen (secondary N) is 1. The van der Waals surface area contributed by atoms with Gasteiger partial charge in [-0.2, -0.15) is 0 Å². The van der Waals surface area contributed by atoms with Gasteiger partial charge < -0.3 is 21.3 Å². The number of carbonyl (C=O) groups is 2. The lowest BCUT2D eigenvalue weighted by molar-refractivity contribution is -0.117. The number of hydrogen-bond acceptors (Lipinski definition) is 4. The Labute approximate surface area is 98.1 Å². The number of nitrogens with two attached hydrogens (primary N) is 1. The summed E-state index contributed by atoms with van der Waals surface area (Å²) >= 11 is 0. The molecule has 0 radical (unpaired) electrons. The largest absolute Gasteiger partial charge is 0.508 e. The molecule has 17 heavy (non-hydrogen) atoms. The number of carbonyl (C=O) groups excluding carboxylic acids is 1. The molecule has 0 saturated heterocycles. The van der Waals surface area contributed by atoms with E-state index in [1.165, 1.54) is 12.1 Å². The zero-order chi connectivity index (χ0) is 13.0. The smallest absolute Gasteiger partial charge is 0.337 e. The number of hydrogen-bond donors (Lipinski definition) is 4. The monoisotopic (exact) mass is 238 g/mol. The van der Waals surface area contributed by atoms with Crippen molar-refractivity contribution in [3.8, 4) is 5.75 Å². The summed E-state index contributed by atoms with van der Waals surface area (Å²) in [5.41, 5.74) is 5.45. The molecule has 0 spiro atoms. The van der Waals surface area contributed by atoms with Crippen LogP contribution in [0.3, 0.4) is 0 Å². The highest BCUT2D eigenvalue weighted by molar-refractivity contribution is 6.02. The molecule has 0 bridgehead atoms. The third-order valence-corrected chi connectivity index (χ3v) is 2.27. The quantitative estimate of drug-likeness (QED) is 0.578. The standard InChI is InChI=1S/C11H14N2O4/c1-2-8(12)10(15)13-9-4-3-6(14)5-7(9)11(16)17/h3-5,8,14H,2,12H2,1H3,(H,13,15)(H,16,17). The number of phenolic OH excluding ortho intramolecular Hbond substituents is 1. The number of carboxylic acid groups (broad SMARTS) is 1. The highest BCUT2D eigenvalue weighted by Gasteiger charge is 2.16. The SMILES string of the molecule is CCC(N)C(=O)Nc1ccc(O)cc1C(=O)O. The maximum atomic E-state index is 11.5. The molecule has 5 N–H and O–H groups in total. The average Bonchev–Trinajstić information content (AvgIpc) is 2.29. The lowest BCUT2D eigenvalue weighted by Gasteiger charge is -2.12. The van der Waals surface area contributed by atoms with Gasteiger partial charge in [0, 0.05) is 0 Å². The van der Waals surface area contributed by atoms with Gasteiger partial charge in [0.15, 0.2) is 0 Å². The third kappa shape index (κ3) is 3.18. The summed E-state index contributed by atoms with van der Waals surface area (Å²) in [5.74, 6) is -1.87. The van der Waals surface area contributed by atoms with Gasteiger partial charge in [0.25, 0.3) is 0 Å². The van der Waals surface area contributed by atoms with Crippen LogP contribution in [0, 0.1) is 0 Å². The van der Waals surface area contributed by atoms with Crippen molar-refractivity contribution in [1.82, 2.24) is 0 Å².